The van der Waals surface area contributed by atoms with Crippen LogP contribution >= 0.6 is 0 Å². The zero-order valence-electron chi connectivity index (χ0n) is 17.2. The molecule has 2 aromatic carbocycles. The maximum absolute atomic E-state index is 13.4. The minimum atomic E-state index is -0.877. The molecule has 1 aliphatic rings. The van der Waals surface area contributed by atoms with Crippen LogP contribution in [0, 0.1) is 5.92 Å². The summed E-state index contributed by atoms with van der Waals surface area (Å²) in [5.41, 5.74) is 0.892. The third kappa shape index (κ3) is 3.92. The first kappa shape index (κ1) is 20.7. The van der Waals surface area contributed by atoms with Gasteiger partial charge in [-0.3, -0.25) is 9.59 Å². The molecule has 6 nitrogen and oxygen atoms in total. The van der Waals surface area contributed by atoms with Crippen molar-refractivity contribution in [2.45, 2.75) is 25.2 Å². The van der Waals surface area contributed by atoms with Gasteiger partial charge in [0.25, 0.3) is 0 Å². The summed E-state index contributed by atoms with van der Waals surface area (Å²) in [5.74, 6) is -0.678. The van der Waals surface area contributed by atoms with Gasteiger partial charge in [-0.2, -0.15) is 0 Å². The summed E-state index contributed by atoms with van der Waals surface area (Å²) >= 11 is 0. The van der Waals surface area contributed by atoms with E-state index < -0.39 is 17.3 Å². The van der Waals surface area contributed by atoms with Crippen LogP contribution in [0.15, 0.2) is 48.5 Å². The van der Waals surface area contributed by atoms with E-state index in [1.165, 1.54) is 0 Å². The zero-order chi connectivity index (χ0) is 21.2. The fraction of sp³-hybridized carbons (Fsp3) is 0.391. The minimum Gasteiger partial charge on any atom is -0.493 e. The summed E-state index contributed by atoms with van der Waals surface area (Å²) in [4.78, 5) is 27.0. The van der Waals surface area contributed by atoms with Gasteiger partial charge >= 0.3 is 5.97 Å². The maximum atomic E-state index is 13.4. The van der Waals surface area contributed by atoms with Gasteiger partial charge < -0.3 is 19.5 Å². The molecule has 2 aromatic rings. The number of carboxylic acids is 1. The maximum Gasteiger partial charge on any atom is 0.308 e. The van der Waals surface area contributed by atoms with Crippen molar-refractivity contribution in [2.24, 2.45) is 5.92 Å². The molecule has 154 valence electrons. The number of amides is 1. The lowest BCUT2D eigenvalue weighted by Gasteiger charge is -2.30. The number of nitrogens with zero attached hydrogens (tertiary/aromatic N) is 1. The molecule has 0 aliphatic carbocycles. The third-order valence-electron chi connectivity index (χ3n) is 5.79. The Morgan fingerprint density at radius 3 is 2.24 bits per heavy atom. The van der Waals surface area contributed by atoms with Crippen molar-refractivity contribution in [1.82, 2.24) is 4.90 Å². The number of hydrogen-bond acceptors (Lipinski definition) is 4. The Bertz CT molecular complexity index is 893. The standard InChI is InChI=1S/C23H27NO5/c1-23(2,16-10-11-19(28-3)20(12-16)29-4)22(27)24-13-17(18(14-24)21(25)26)15-8-6-5-7-9-15/h5-12,17-18H,13-14H2,1-4H3,(H,25,26)/t17-,18-/m0/s1. The zero-order valence-corrected chi connectivity index (χ0v) is 17.2. The van der Waals surface area contributed by atoms with E-state index in [1.807, 2.05) is 50.2 Å². The fourth-order valence-electron chi connectivity index (χ4n) is 4.00. The largest absolute Gasteiger partial charge is 0.493 e. The highest BCUT2D eigenvalue weighted by atomic mass is 16.5. The Morgan fingerprint density at radius 2 is 1.66 bits per heavy atom. The Morgan fingerprint density at radius 1 is 1.00 bits per heavy atom. The topological polar surface area (TPSA) is 76.1 Å². The van der Waals surface area contributed by atoms with Crippen LogP contribution < -0.4 is 9.47 Å². The molecule has 1 saturated heterocycles. The van der Waals surface area contributed by atoms with Crippen molar-refractivity contribution in [1.29, 1.82) is 0 Å². The molecule has 29 heavy (non-hydrogen) atoms. The predicted molar refractivity (Wildman–Crippen MR) is 109 cm³/mol. The van der Waals surface area contributed by atoms with Crippen LogP contribution in [-0.4, -0.2) is 49.2 Å². The summed E-state index contributed by atoms with van der Waals surface area (Å²) < 4.78 is 10.7. The Hall–Kier alpha value is -3.02. The molecule has 0 radical (unpaired) electrons. The number of methoxy groups -OCH3 is 2. The lowest BCUT2D eigenvalue weighted by molar-refractivity contribution is -0.142. The second-order valence-electron chi connectivity index (χ2n) is 7.87. The van der Waals surface area contributed by atoms with Crippen LogP contribution in [0.2, 0.25) is 0 Å². The molecule has 0 unspecified atom stereocenters. The lowest BCUT2D eigenvalue weighted by Crippen LogP contribution is -2.42. The van der Waals surface area contributed by atoms with Crippen LogP contribution in [-0.2, 0) is 15.0 Å². The van der Waals surface area contributed by atoms with Crippen molar-refractivity contribution in [2.75, 3.05) is 27.3 Å². The SMILES string of the molecule is COc1ccc(C(C)(C)C(=O)N2C[C@H](C(=O)O)[C@H](c3ccccc3)C2)cc1OC. The average Bonchev–Trinajstić information content (AvgIpc) is 3.19. The monoisotopic (exact) mass is 397 g/mol. The molecule has 6 heteroatoms. The molecule has 3 rings (SSSR count). The van der Waals surface area contributed by atoms with E-state index in [4.69, 9.17) is 9.47 Å². The van der Waals surface area contributed by atoms with Crippen molar-refractivity contribution < 1.29 is 24.2 Å². The van der Waals surface area contributed by atoms with Crippen LogP contribution in [0.3, 0.4) is 0 Å². The van der Waals surface area contributed by atoms with Gasteiger partial charge in [-0.05, 0) is 37.1 Å². The smallest absolute Gasteiger partial charge is 0.308 e. The number of rotatable bonds is 6. The predicted octanol–water partition coefficient (Wildman–Crippen LogP) is 3.31. The van der Waals surface area contributed by atoms with Crippen molar-refractivity contribution >= 4 is 11.9 Å². The molecule has 0 bridgehead atoms. The molecule has 1 heterocycles. The number of likely N-dealkylation sites (tertiary alicyclic amines) is 1. The van der Waals surface area contributed by atoms with Crippen LogP contribution in [0.25, 0.3) is 0 Å². The van der Waals surface area contributed by atoms with E-state index in [0.717, 1.165) is 11.1 Å². The number of hydrogen-bond donors (Lipinski definition) is 1. The van der Waals surface area contributed by atoms with E-state index in [-0.39, 0.29) is 18.4 Å². The normalized spacial score (nSPS) is 19.1. The van der Waals surface area contributed by atoms with Crippen molar-refractivity contribution in [3.8, 4) is 11.5 Å². The van der Waals surface area contributed by atoms with Gasteiger partial charge in [-0.1, -0.05) is 36.4 Å². The minimum absolute atomic E-state index is 0.102. The van der Waals surface area contributed by atoms with Gasteiger partial charge in [0.1, 0.15) is 0 Å². The van der Waals surface area contributed by atoms with Gasteiger partial charge in [0.05, 0.1) is 25.6 Å². The van der Waals surface area contributed by atoms with Crippen LogP contribution in [0.4, 0.5) is 0 Å². The molecular weight excluding hydrogens is 370 g/mol. The van der Waals surface area contributed by atoms with E-state index in [1.54, 1.807) is 31.3 Å². The van der Waals surface area contributed by atoms with Gasteiger partial charge in [-0.15, -0.1) is 0 Å². The van der Waals surface area contributed by atoms with E-state index in [0.29, 0.717) is 18.0 Å². The van der Waals surface area contributed by atoms with E-state index in [2.05, 4.69) is 0 Å². The van der Waals surface area contributed by atoms with E-state index in [9.17, 15) is 14.7 Å². The highest BCUT2D eigenvalue weighted by molar-refractivity contribution is 5.89. The molecular formula is C23H27NO5. The molecule has 1 amide bonds. The van der Waals surface area contributed by atoms with Crippen LogP contribution in [0.5, 0.6) is 11.5 Å². The third-order valence-corrected chi connectivity index (χ3v) is 5.79. The molecule has 2 atom stereocenters. The number of ether oxygens (including phenoxy) is 2. The first-order valence-corrected chi connectivity index (χ1v) is 9.59. The first-order valence-electron chi connectivity index (χ1n) is 9.59. The van der Waals surface area contributed by atoms with E-state index >= 15 is 0 Å². The summed E-state index contributed by atoms with van der Waals surface area (Å²) in [7, 11) is 3.12. The Kier molecular flexibility index (Phi) is 5.82. The molecule has 0 saturated carbocycles. The fourth-order valence-corrected chi connectivity index (χ4v) is 4.00. The lowest BCUT2D eigenvalue weighted by atomic mass is 9.83. The summed E-state index contributed by atoms with van der Waals surface area (Å²) in [6.45, 7) is 4.28. The van der Waals surface area contributed by atoms with Crippen LogP contribution in [0.1, 0.15) is 30.9 Å². The number of carboxylic acid groups (broad SMARTS) is 1. The Labute approximate surface area is 171 Å². The molecule has 1 aliphatic heterocycles. The number of benzene rings is 2. The quantitative estimate of drug-likeness (QED) is 0.809. The van der Waals surface area contributed by atoms with Crippen molar-refractivity contribution in [3.05, 3.63) is 59.7 Å². The van der Waals surface area contributed by atoms with Gasteiger partial charge in [0, 0.05) is 19.0 Å². The van der Waals surface area contributed by atoms with Crippen molar-refractivity contribution in [3.63, 3.8) is 0 Å². The van der Waals surface area contributed by atoms with Gasteiger partial charge in [0.15, 0.2) is 11.5 Å². The second kappa shape index (κ2) is 8.15. The highest BCUT2D eigenvalue weighted by Gasteiger charge is 2.44. The number of carbonyl (C=O) groups excluding carboxylic acids is 1. The Balaban J connectivity index is 1.88. The summed E-state index contributed by atoms with van der Waals surface area (Å²) in [5, 5.41) is 9.72. The number of carbonyl (C=O) groups is 2. The average molecular weight is 397 g/mol. The molecule has 1 N–H and O–H groups in total. The summed E-state index contributed by atoms with van der Waals surface area (Å²) in [6, 6.07) is 15.0. The summed E-state index contributed by atoms with van der Waals surface area (Å²) in [6.07, 6.45) is 0. The van der Waals surface area contributed by atoms with Gasteiger partial charge in [0.2, 0.25) is 5.91 Å². The second-order valence-corrected chi connectivity index (χ2v) is 7.87. The molecule has 1 fully saturated rings. The van der Waals surface area contributed by atoms with Gasteiger partial charge in [-0.25, -0.2) is 0 Å². The number of aliphatic carboxylic acids is 1. The molecule has 0 aromatic heterocycles. The first-order chi connectivity index (χ1) is 13.8. The molecule has 0 spiro atoms. The highest BCUT2D eigenvalue weighted by Crippen LogP contribution is 2.38.